The van der Waals surface area contributed by atoms with Gasteiger partial charge in [0, 0.05) is 31.8 Å². The second-order valence-corrected chi connectivity index (χ2v) is 12.0. The SMILES string of the molecule is CC(=O)N1c2ccc(-c3ccc(S(C)(=O)=O)cc3)cc2N(C(=O)C2Cc3cc(OC(F)(F)F)ccc3N2)C[C@@H]1C. The van der Waals surface area contributed by atoms with E-state index in [1.54, 1.807) is 40.1 Å². The highest BCUT2D eigenvalue weighted by molar-refractivity contribution is 7.90. The molecule has 2 atom stereocenters. The van der Waals surface area contributed by atoms with Gasteiger partial charge in [0.25, 0.3) is 0 Å². The van der Waals surface area contributed by atoms with Crippen LogP contribution in [0.5, 0.6) is 5.75 Å². The molecule has 0 saturated heterocycles. The van der Waals surface area contributed by atoms with Gasteiger partial charge in [-0.3, -0.25) is 9.59 Å². The van der Waals surface area contributed by atoms with E-state index in [0.717, 1.165) is 11.8 Å². The minimum Gasteiger partial charge on any atom is -0.406 e. The summed E-state index contributed by atoms with van der Waals surface area (Å²) in [5.74, 6) is -0.841. The molecule has 0 spiro atoms. The van der Waals surface area contributed by atoms with E-state index < -0.39 is 22.2 Å². The zero-order valence-electron chi connectivity index (χ0n) is 21.8. The van der Waals surface area contributed by atoms with E-state index in [9.17, 15) is 31.2 Å². The first-order chi connectivity index (χ1) is 18.7. The van der Waals surface area contributed by atoms with Gasteiger partial charge in [-0.2, -0.15) is 0 Å². The highest BCUT2D eigenvalue weighted by Crippen LogP contribution is 2.40. The number of ether oxygens (including phenoxy) is 1. The Bertz CT molecular complexity index is 1610. The average molecular weight is 574 g/mol. The lowest BCUT2D eigenvalue weighted by atomic mass is 9.99. The Morgan fingerprint density at radius 1 is 0.975 bits per heavy atom. The third kappa shape index (κ3) is 5.35. The molecule has 8 nitrogen and oxygen atoms in total. The summed E-state index contributed by atoms with van der Waals surface area (Å²) in [7, 11) is -3.37. The molecule has 2 aliphatic rings. The summed E-state index contributed by atoms with van der Waals surface area (Å²) in [4.78, 5) is 29.8. The van der Waals surface area contributed by atoms with Gasteiger partial charge in [0.2, 0.25) is 11.8 Å². The van der Waals surface area contributed by atoms with Crippen LogP contribution in [0.4, 0.5) is 30.2 Å². The maximum atomic E-state index is 13.9. The number of alkyl halides is 3. The number of carbonyl (C=O) groups is 2. The van der Waals surface area contributed by atoms with Crippen molar-refractivity contribution >= 4 is 38.7 Å². The molecule has 1 N–H and O–H groups in total. The van der Waals surface area contributed by atoms with Gasteiger partial charge in [-0.1, -0.05) is 18.2 Å². The van der Waals surface area contributed by atoms with Gasteiger partial charge in [0.15, 0.2) is 9.84 Å². The third-order valence-corrected chi connectivity index (χ3v) is 8.13. The molecule has 1 unspecified atom stereocenters. The van der Waals surface area contributed by atoms with Crippen molar-refractivity contribution in [3.05, 3.63) is 66.2 Å². The summed E-state index contributed by atoms with van der Waals surface area (Å²) in [5, 5.41) is 3.10. The minimum atomic E-state index is -4.82. The topological polar surface area (TPSA) is 96.0 Å². The highest BCUT2D eigenvalue weighted by atomic mass is 32.2. The number of sulfone groups is 1. The van der Waals surface area contributed by atoms with Crippen molar-refractivity contribution in [2.45, 2.75) is 43.6 Å². The van der Waals surface area contributed by atoms with E-state index in [1.807, 2.05) is 6.92 Å². The number of nitrogens with one attached hydrogen (secondary N) is 1. The van der Waals surface area contributed by atoms with Crippen LogP contribution < -0.4 is 19.9 Å². The number of hydrogen-bond donors (Lipinski definition) is 1. The van der Waals surface area contributed by atoms with Crippen LogP contribution in [0.1, 0.15) is 19.4 Å². The zero-order valence-corrected chi connectivity index (χ0v) is 22.6. The molecular formula is C28H26F3N3O5S. The number of halogens is 3. The number of hydrogen-bond acceptors (Lipinski definition) is 6. The lowest BCUT2D eigenvalue weighted by Gasteiger charge is -2.41. The fourth-order valence-electron chi connectivity index (χ4n) is 5.26. The van der Waals surface area contributed by atoms with Crippen molar-refractivity contribution < 1.29 is 35.9 Å². The normalized spacial score (nSPS) is 18.6. The van der Waals surface area contributed by atoms with Gasteiger partial charge in [-0.25, -0.2) is 8.42 Å². The standard InChI is InChI=1S/C28H26F3N3O5S/c1-16-15-33(27(36)24-13-20-12-21(39-28(29,30)31)7-10-23(20)32-24)26-14-19(6-11-25(26)34(16)17(2)35)18-4-8-22(9-5-18)40(3,37)38/h4-12,14,16,24,32H,13,15H2,1-3H3/t16-,24?/m0/s1. The Labute approximate surface area is 229 Å². The summed E-state index contributed by atoms with van der Waals surface area (Å²) in [5.41, 5.74) is 3.55. The van der Waals surface area contributed by atoms with Crippen LogP contribution in [0.25, 0.3) is 11.1 Å². The Morgan fingerprint density at radius 2 is 1.65 bits per heavy atom. The number of nitrogens with zero attached hydrogens (tertiary/aromatic N) is 2. The second kappa shape index (κ2) is 9.84. The van der Waals surface area contributed by atoms with Crippen LogP contribution in [0, 0.1) is 0 Å². The molecule has 2 amide bonds. The fraction of sp³-hybridized carbons (Fsp3) is 0.286. The van der Waals surface area contributed by atoms with Crippen molar-refractivity contribution in [1.29, 1.82) is 0 Å². The number of carbonyl (C=O) groups excluding carboxylic acids is 2. The van der Waals surface area contributed by atoms with E-state index in [2.05, 4.69) is 10.1 Å². The monoisotopic (exact) mass is 573 g/mol. The van der Waals surface area contributed by atoms with Crippen LogP contribution >= 0.6 is 0 Å². The van der Waals surface area contributed by atoms with E-state index in [1.165, 1.54) is 37.3 Å². The van der Waals surface area contributed by atoms with Gasteiger partial charge in [-0.05, 0) is 66.1 Å². The van der Waals surface area contributed by atoms with Crippen LogP contribution in [-0.2, 0) is 25.8 Å². The number of fused-ring (bicyclic) bond motifs is 2. The molecule has 0 fully saturated rings. The molecule has 2 heterocycles. The summed E-state index contributed by atoms with van der Waals surface area (Å²) in [6, 6.07) is 14.5. The van der Waals surface area contributed by atoms with Crippen molar-refractivity contribution in [2.24, 2.45) is 0 Å². The fourth-order valence-corrected chi connectivity index (χ4v) is 5.89. The Balaban J connectivity index is 1.48. The molecule has 0 bridgehead atoms. The average Bonchev–Trinajstić information content (AvgIpc) is 3.29. The van der Waals surface area contributed by atoms with E-state index in [4.69, 9.17) is 0 Å². The van der Waals surface area contributed by atoms with E-state index >= 15 is 0 Å². The van der Waals surface area contributed by atoms with Gasteiger partial charge >= 0.3 is 6.36 Å². The lowest BCUT2D eigenvalue weighted by Crippen LogP contribution is -2.54. The number of amides is 2. The molecule has 0 saturated carbocycles. The summed E-state index contributed by atoms with van der Waals surface area (Å²) < 4.78 is 65.8. The molecule has 3 aromatic carbocycles. The maximum absolute atomic E-state index is 13.9. The van der Waals surface area contributed by atoms with Crippen molar-refractivity contribution in [1.82, 2.24) is 0 Å². The molecule has 210 valence electrons. The van der Waals surface area contributed by atoms with Gasteiger partial charge in [0.1, 0.15) is 11.8 Å². The summed E-state index contributed by atoms with van der Waals surface area (Å²) in [6.07, 6.45) is -3.54. The van der Waals surface area contributed by atoms with E-state index in [-0.39, 0.29) is 41.5 Å². The lowest BCUT2D eigenvalue weighted by molar-refractivity contribution is -0.274. The molecule has 0 radical (unpaired) electrons. The maximum Gasteiger partial charge on any atom is 0.573 e. The second-order valence-electron chi connectivity index (χ2n) is 9.95. The molecule has 2 aliphatic heterocycles. The quantitative estimate of drug-likeness (QED) is 0.483. The van der Waals surface area contributed by atoms with Crippen molar-refractivity contribution in [2.75, 3.05) is 27.9 Å². The zero-order chi connectivity index (χ0) is 29.0. The molecule has 5 rings (SSSR count). The minimum absolute atomic E-state index is 0.159. The molecule has 12 heteroatoms. The molecule has 0 aliphatic carbocycles. The van der Waals surface area contributed by atoms with Crippen molar-refractivity contribution in [3.8, 4) is 16.9 Å². The summed E-state index contributed by atoms with van der Waals surface area (Å²) in [6.45, 7) is 3.49. The largest absolute Gasteiger partial charge is 0.573 e. The Morgan fingerprint density at radius 3 is 2.27 bits per heavy atom. The van der Waals surface area contributed by atoms with Gasteiger partial charge in [0.05, 0.1) is 22.3 Å². The molecule has 3 aromatic rings. The number of anilines is 3. The van der Waals surface area contributed by atoms with E-state index in [0.29, 0.717) is 28.2 Å². The van der Waals surface area contributed by atoms with Gasteiger partial charge in [-0.15, -0.1) is 13.2 Å². The number of rotatable bonds is 4. The molecule has 0 aromatic heterocycles. The van der Waals surface area contributed by atoms with Crippen LogP contribution in [0.2, 0.25) is 0 Å². The first-order valence-corrected chi connectivity index (χ1v) is 14.3. The first kappa shape index (κ1) is 27.5. The summed E-state index contributed by atoms with van der Waals surface area (Å²) >= 11 is 0. The predicted molar refractivity (Wildman–Crippen MR) is 144 cm³/mol. The van der Waals surface area contributed by atoms with Crippen LogP contribution in [0.15, 0.2) is 65.6 Å². The molecule has 40 heavy (non-hydrogen) atoms. The van der Waals surface area contributed by atoms with Crippen molar-refractivity contribution in [3.63, 3.8) is 0 Å². The Kier molecular flexibility index (Phi) is 6.77. The van der Waals surface area contributed by atoms with Crippen LogP contribution in [-0.4, -0.2) is 51.5 Å². The Hall–Kier alpha value is -4.06. The van der Waals surface area contributed by atoms with Crippen LogP contribution in [0.3, 0.4) is 0 Å². The van der Waals surface area contributed by atoms with Gasteiger partial charge < -0.3 is 19.9 Å². The first-order valence-electron chi connectivity index (χ1n) is 12.4. The predicted octanol–water partition coefficient (Wildman–Crippen LogP) is 4.78. The molecular weight excluding hydrogens is 547 g/mol. The third-order valence-electron chi connectivity index (χ3n) is 7.00. The highest BCUT2D eigenvalue weighted by Gasteiger charge is 2.38. The smallest absolute Gasteiger partial charge is 0.406 e. The number of benzene rings is 3.